The van der Waals surface area contributed by atoms with Crippen molar-refractivity contribution in [3.05, 3.63) is 12.2 Å². The van der Waals surface area contributed by atoms with E-state index in [1.54, 1.807) is 0 Å². The van der Waals surface area contributed by atoms with Gasteiger partial charge >= 0.3 is 0 Å². The van der Waals surface area contributed by atoms with Gasteiger partial charge in [0.2, 0.25) is 0 Å². The van der Waals surface area contributed by atoms with Crippen LogP contribution >= 0.6 is 0 Å². The Kier molecular flexibility index (Phi) is 2.48. The van der Waals surface area contributed by atoms with Gasteiger partial charge in [0.05, 0.1) is 5.60 Å². The summed E-state index contributed by atoms with van der Waals surface area (Å²) >= 11 is 0. The fourth-order valence-electron chi connectivity index (χ4n) is 2.52. The Balaban J connectivity index is 2.00. The van der Waals surface area contributed by atoms with E-state index in [2.05, 4.69) is 6.58 Å². The van der Waals surface area contributed by atoms with E-state index in [1.165, 1.54) is 6.42 Å². The molecule has 1 saturated carbocycles. The maximum Gasteiger partial charge on any atom is 0.161 e. The Morgan fingerprint density at radius 3 is 2.71 bits per heavy atom. The number of carbonyl (C=O) groups is 1. The summed E-state index contributed by atoms with van der Waals surface area (Å²) in [4.78, 5) is 11.8. The molecule has 0 aromatic rings. The van der Waals surface area contributed by atoms with Gasteiger partial charge in [0.1, 0.15) is 0 Å². The number of allylic oxidation sites excluding steroid dienone is 1. The molecule has 1 atom stereocenters. The van der Waals surface area contributed by atoms with Gasteiger partial charge in [-0.2, -0.15) is 0 Å². The number of rotatable bonds is 2. The van der Waals surface area contributed by atoms with E-state index in [1.807, 2.05) is 6.92 Å². The predicted molar refractivity (Wildman–Crippen MR) is 55.1 cm³/mol. The van der Waals surface area contributed by atoms with Crippen LogP contribution in [-0.2, 0) is 9.53 Å². The summed E-state index contributed by atoms with van der Waals surface area (Å²) < 4.78 is 5.78. The number of ketones is 1. The van der Waals surface area contributed by atoms with Crippen molar-refractivity contribution in [1.82, 2.24) is 0 Å². The van der Waals surface area contributed by atoms with E-state index in [9.17, 15) is 4.79 Å². The minimum atomic E-state index is 0.0774. The van der Waals surface area contributed by atoms with Gasteiger partial charge in [-0.25, -0.2) is 0 Å². The summed E-state index contributed by atoms with van der Waals surface area (Å²) in [5.74, 6) is 0.432. The third kappa shape index (κ3) is 1.63. The van der Waals surface area contributed by atoms with Crippen molar-refractivity contribution < 1.29 is 9.53 Å². The zero-order valence-electron chi connectivity index (χ0n) is 8.84. The van der Waals surface area contributed by atoms with Crippen LogP contribution in [0.2, 0.25) is 0 Å². The van der Waals surface area contributed by atoms with Gasteiger partial charge in [0.15, 0.2) is 5.78 Å². The second kappa shape index (κ2) is 3.50. The predicted octanol–water partition coefficient (Wildman–Crippen LogP) is 2.48. The highest BCUT2D eigenvalue weighted by Gasteiger charge is 2.44. The molecule has 2 fully saturated rings. The van der Waals surface area contributed by atoms with Crippen molar-refractivity contribution >= 4 is 5.78 Å². The normalized spacial score (nSPS) is 29.6. The van der Waals surface area contributed by atoms with Crippen LogP contribution in [0.25, 0.3) is 0 Å². The highest BCUT2D eigenvalue weighted by molar-refractivity contribution is 5.96. The first-order chi connectivity index (χ1) is 6.63. The average Bonchev–Trinajstić information content (AvgIpc) is 2.14. The number of carbonyl (C=O) groups excluding carboxylic acids is 1. The molecule has 1 saturated heterocycles. The molecule has 2 rings (SSSR count). The fraction of sp³-hybridized carbons (Fsp3) is 0.750. The van der Waals surface area contributed by atoms with Crippen LogP contribution in [0, 0.1) is 5.92 Å². The van der Waals surface area contributed by atoms with Gasteiger partial charge in [0, 0.05) is 12.5 Å². The first kappa shape index (κ1) is 9.91. The maximum atomic E-state index is 11.8. The molecule has 2 heteroatoms. The number of hydrogen-bond acceptors (Lipinski definition) is 2. The Hall–Kier alpha value is -0.630. The van der Waals surface area contributed by atoms with E-state index in [4.69, 9.17) is 4.74 Å². The summed E-state index contributed by atoms with van der Waals surface area (Å²) in [6.45, 7) is 6.30. The first-order valence-electron chi connectivity index (χ1n) is 5.47. The van der Waals surface area contributed by atoms with Crippen LogP contribution < -0.4 is 0 Å². The van der Waals surface area contributed by atoms with Gasteiger partial charge in [-0.15, -0.1) is 0 Å². The van der Waals surface area contributed by atoms with Crippen LogP contribution in [-0.4, -0.2) is 18.0 Å². The second-order valence-corrected chi connectivity index (χ2v) is 4.72. The SMILES string of the molecule is C=C(C)C(=O)C1CCOC2(CCC2)C1. The molecule has 1 aliphatic carbocycles. The molecule has 0 aromatic heterocycles. The second-order valence-electron chi connectivity index (χ2n) is 4.72. The molecule has 0 radical (unpaired) electrons. The smallest absolute Gasteiger partial charge is 0.161 e. The molecule has 2 nitrogen and oxygen atoms in total. The Morgan fingerprint density at radius 2 is 2.21 bits per heavy atom. The van der Waals surface area contributed by atoms with Crippen molar-refractivity contribution in [2.24, 2.45) is 5.92 Å². The lowest BCUT2D eigenvalue weighted by molar-refractivity contribution is -0.153. The number of Topliss-reactive ketones (excluding diaryl/α,β-unsaturated/α-hetero) is 1. The molecule has 1 aliphatic heterocycles. The summed E-state index contributed by atoms with van der Waals surface area (Å²) in [5.41, 5.74) is 0.778. The van der Waals surface area contributed by atoms with Crippen molar-refractivity contribution in [2.75, 3.05) is 6.61 Å². The Bertz CT molecular complexity index is 263. The van der Waals surface area contributed by atoms with Crippen LogP contribution in [0.4, 0.5) is 0 Å². The van der Waals surface area contributed by atoms with Crippen molar-refractivity contribution in [1.29, 1.82) is 0 Å². The minimum absolute atomic E-state index is 0.0774. The van der Waals surface area contributed by atoms with Crippen LogP contribution in [0.5, 0.6) is 0 Å². The third-order valence-electron chi connectivity index (χ3n) is 3.55. The van der Waals surface area contributed by atoms with Gasteiger partial charge < -0.3 is 4.74 Å². The molecule has 2 aliphatic rings. The zero-order valence-corrected chi connectivity index (χ0v) is 8.84. The quantitative estimate of drug-likeness (QED) is 0.631. The summed E-state index contributed by atoms with van der Waals surface area (Å²) in [7, 11) is 0. The van der Waals surface area contributed by atoms with Crippen LogP contribution in [0.1, 0.15) is 39.0 Å². The lowest BCUT2D eigenvalue weighted by Crippen LogP contribution is -2.47. The van der Waals surface area contributed by atoms with Crippen molar-refractivity contribution in [3.63, 3.8) is 0 Å². The van der Waals surface area contributed by atoms with Crippen LogP contribution in [0.15, 0.2) is 12.2 Å². The highest BCUT2D eigenvalue weighted by atomic mass is 16.5. The van der Waals surface area contributed by atoms with Crippen molar-refractivity contribution in [3.8, 4) is 0 Å². The maximum absolute atomic E-state index is 11.8. The highest BCUT2D eigenvalue weighted by Crippen LogP contribution is 2.44. The first-order valence-corrected chi connectivity index (χ1v) is 5.47. The standard InChI is InChI=1S/C12H18O2/c1-9(2)11(13)10-4-7-14-12(8-10)5-3-6-12/h10H,1,3-8H2,2H3. The van der Waals surface area contributed by atoms with E-state index < -0.39 is 0 Å². The Labute approximate surface area is 85.3 Å². The average molecular weight is 194 g/mol. The molecule has 14 heavy (non-hydrogen) atoms. The summed E-state index contributed by atoms with van der Waals surface area (Å²) in [6.07, 6.45) is 5.36. The number of hydrogen-bond donors (Lipinski definition) is 0. The van der Waals surface area contributed by atoms with Gasteiger partial charge in [-0.3, -0.25) is 4.79 Å². The lowest BCUT2D eigenvalue weighted by Gasteiger charge is -2.46. The molecule has 0 amide bonds. The van der Waals surface area contributed by atoms with Gasteiger partial charge in [-0.1, -0.05) is 6.58 Å². The molecule has 0 N–H and O–H groups in total. The molecule has 0 aromatic carbocycles. The zero-order chi connectivity index (χ0) is 10.2. The molecular weight excluding hydrogens is 176 g/mol. The van der Waals surface area contributed by atoms with Gasteiger partial charge in [-0.05, 0) is 44.6 Å². The van der Waals surface area contributed by atoms with E-state index in [-0.39, 0.29) is 17.3 Å². The molecule has 1 heterocycles. The van der Waals surface area contributed by atoms with Crippen molar-refractivity contribution in [2.45, 2.75) is 44.6 Å². The van der Waals surface area contributed by atoms with Crippen LogP contribution in [0.3, 0.4) is 0 Å². The third-order valence-corrected chi connectivity index (χ3v) is 3.55. The largest absolute Gasteiger partial charge is 0.375 e. The summed E-state index contributed by atoms with van der Waals surface area (Å²) in [6, 6.07) is 0. The topological polar surface area (TPSA) is 26.3 Å². The lowest BCUT2D eigenvalue weighted by atomic mass is 9.70. The minimum Gasteiger partial charge on any atom is -0.375 e. The van der Waals surface area contributed by atoms with E-state index in [0.717, 1.165) is 32.3 Å². The molecule has 78 valence electrons. The molecule has 1 unspecified atom stereocenters. The number of ether oxygens (including phenoxy) is 1. The van der Waals surface area contributed by atoms with E-state index in [0.29, 0.717) is 5.57 Å². The Morgan fingerprint density at radius 1 is 1.50 bits per heavy atom. The molecule has 1 spiro atoms. The van der Waals surface area contributed by atoms with Gasteiger partial charge in [0.25, 0.3) is 0 Å². The fourth-order valence-corrected chi connectivity index (χ4v) is 2.52. The van der Waals surface area contributed by atoms with E-state index >= 15 is 0 Å². The molecular formula is C12H18O2. The monoisotopic (exact) mass is 194 g/mol. The molecule has 0 bridgehead atoms. The summed E-state index contributed by atoms with van der Waals surface area (Å²) in [5, 5.41) is 0.